The van der Waals surface area contributed by atoms with Crippen molar-refractivity contribution >= 4 is 11.3 Å². The summed E-state index contributed by atoms with van der Waals surface area (Å²) in [6.45, 7) is 5.58. The minimum absolute atomic E-state index is 0.370. The molecule has 0 unspecified atom stereocenters. The molecule has 1 aliphatic rings. The molecule has 0 saturated carbocycles. The number of thiazole rings is 1. The highest BCUT2D eigenvalue weighted by Gasteiger charge is 2.25. The molecule has 0 aliphatic carbocycles. The van der Waals surface area contributed by atoms with Gasteiger partial charge < -0.3 is 9.26 Å². The third kappa shape index (κ3) is 3.71. The molecule has 0 amide bonds. The lowest BCUT2D eigenvalue weighted by Gasteiger charge is -2.30. The molecule has 2 aromatic rings. The summed E-state index contributed by atoms with van der Waals surface area (Å²) in [4.78, 5) is 11.5. The van der Waals surface area contributed by atoms with Gasteiger partial charge in [0.05, 0.1) is 12.3 Å². The number of aromatic nitrogens is 3. The van der Waals surface area contributed by atoms with Crippen molar-refractivity contribution in [2.24, 2.45) is 0 Å². The Morgan fingerprint density at radius 2 is 2.36 bits per heavy atom. The zero-order valence-electron chi connectivity index (χ0n) is 13.1. The smallest absolute Gasteiger partial charge is 0.226 e. The topological polar surface area (TPSA) is 64.3 Å². The lowest BCUT2D eigenvalue weighted by molar-refractivity contribution is 0.182. The summed E-state index contributed by atoms with van der Waals surface area (Å²) in [5.41, 5.74) is 1.13. The van der Waals surface area contributed by atoms with Crippen LogP contribution in [0.1, 0.15) is 48.1 Å². The Labute approximate surface area is 134 Å². The van der Waals surface area contributed by atoms with E-state index in [-0.39, 0.29) is 0 Å². The van der Waals surface area contributed by atoms with E-state index in [1.165, 1.54) is 0 Å². The summed E-state index contributed by atoms with van der Waals surface area (Å²) in [5.74, 6) is 1.96. The Morgan fingerprint density at radius 1 is 1.45 bits per heavy atom. The summed E-state index contributed by atoms with van der Waals surface area (Å²) in [6, 6.07) is 0. The average Bonchev–Trinajstić information content (AvgIpc) is 3.17. The maximum atomic E-state index is 5.25. The third-order valence-electron chi connectivity index (χ3n) is 3.91. The minimum atomic E-state index is 0.370. The Bertz CT molecular complexity index is 598. The number of hydrogen-bond acceptors (Lipinski definition) is 7. The van der Waals surface area contributed by atoms with E-state index in [0.717, 1.165) is 61.3 Å². The van der Waals surface area contributed by atoms with Crippen LogP contribution in [0, 0.1) is 0 Å². The van der Waals surface area contributed by atoms with Crippen LogP contribution < -0.4 is 0 Å². The van der Waals surface area contributed by atoms with E-state index in [0.29, 0.717) is 12.5 Å². The molecule has 3 heterocycles. The van der Waals surface area contributed by atoms with Gasteiger partial charge in [-0.3, -0.25) is 4.90 Å². The quantitative estimate of drug-likeness (QED) is 0.814. The van der Waals surface area contributed by atoms with Crippen LogP contribution in [0.5, 0.6) is 0 Å². The van der Waals surface area contributed by atoms with Crippen LogP contribution in [0.2, 0.25) is 0 Å². The van der Waals surface area contributed by atoms with Gasteiger partial charge in [0, 0.05) is 37.9 Å². The number of methoxy groups -OCH3 is 1. The molecule has 0 radical (unpaired) electrons. The highest BCUT2D eigenvalue weighted by molar-refractivity contribution is 7.09. The van der Waals surface area contributed by atoms with Crippen LogP contribution in [0.4, 0.5) is 0 Å². The number of rotatable bonds is 6. The van der Waals surface area contributed by atoms with Crippen LogP contribution in [0.3, 0.4) is 0 Å². The van der Waals surface area contributed by atoms with Gasteiger partial charge in [-0.1, -0.05) is 12.1 Å². The van der Waals surface area contributed by atoms with Gasteiger partial charge in [-0.2, -0.15) is 4.98 Å². The minimum Gasteiger partial charge on any atom is -0.378 e. The molecule has 0 spiro atoms. The van der Waals surface area contributed by atoms with Crippen molar-refractivity contribution in [1.29, 1.82) is 0 Å². The Balaban J connectivity index is 1.60. The molecule has 1 atom stereocenters. The number of nitrogens with zero attached hydrogens (tertiary/aromatic N) is 4. The third-order valence-corrected chi connectivity index (χ3v) is 4.78. The first kappa shape index (κ1) is 15.6. The average molecular weight is 322 g/mol. The predicted molar refractivity (Wildman–Crippen MR) is 83.8 cm³/mol. The second-order valence-electron chi connectivity index (χ2n) is 5.64. The lowest BCUT2D eigenvalue weighted by atomic mass is 9.97. The number of ether oxygens (including phenoxy) is 1. The molecule has 1 fully saturated rings. The molecule has 1 aliphatic heterocycles. The fraction of sp³-hybridized carbons (Fsp3) is 0.667. The number of hydrogen-bond donors (Lipinski definition) is 0. The van der Waals surface area contributed by atoms with E-state index < -0.39 is 0 Å². The first-order valence-corrected chi connectivity index (χ1v) is 8.63. The lowest BCUT2D eigenvalue weighted by Crippen LogP contribution is -2.34. The Morgan fingerprint density at radius 3 is 3.14 bits per heavy atom. The monoisotopic (exact) mass is 322 g/mol. The van der Waals surface area contributed by atoms with Crippen molar-refractivity contribution in [3.8, 4) is 0 Å². The summed E-state index contributed by atoms with van der Waals surface area (Å²) >= 11 is 1.66. The van der Waals surface area contributed by atoms with E-state index in [1.807, 2.05) is 6.92 Å². The van der Waals surface area contributed by atoms with Gasteiger partial charge >= 0.3 is 0 Å². The zero-order valence-corrected chi connectivity index (χ0v) is 13.9. The van der Waals surface area contributed by atoms with Crippen molar-refractivity contribution in [3.05, 3.63) is 27.8 Å². The van der Waals surface area contributed by atoms with E-state index >= 15 is 0 Å². The molecule has 0 bridgehead atoms. The van der Waals surface area contributed by atoms with Gasteiger partial charge in [0.25, 0.3) is 0 Å². The highest BCUT2D eigenvalue weighted by Crippen LogP contribution is 2.26. The van der Waals surface area contributed by atoms with E-state index in [9.17, 15) is 0 Å². The van der Waals surface area contributed by atoms with E-state index in [2.05, 4.69) is 25.4 Å². The maximum Gasteiger partial charge on any atom is 0.226 e. The van der Waals surface area contributed by atoms with Gasteiger partial charge in [-0.05, 0) is 19.4 Å². The van der Waals surface area contributed by atoms with Gasteiger partial charge in [0.2, 0.25) is 5.89 Å². The van der Waals surface area contributed by atoms with Crippen LogP contribution in [0.25, 0.3) is 0 Å². The Hall–Kier alpha value is -1.31. The maximum absolute atomic E-state index is 5.25. The fourth-order valence-corrected chi connectivity index (χ4v) is 3.58. The normalized spacial score (nSPS) is 19.6. The predicted octanol–water partition coefficient (Wildman–Crippen LogP) is 2.61. The molecule has 6 nitrogen and oxygen atoms in total. The van der Waals surface area contributed by atoms with Crippen molar-refractivity contribution < 1.29 is 9.26 Å². The standard InChI is InChI=1S/C15H22N4O2S/c1-3-13-17-15(18-21-13)11-5-4-6-19(7-11)8-12-10-22-14(16-12)9-20-2/h10-11H,3-9H2,1-2H3/t11-/m1/s1. The molecule has 2 aromatic heterocycles. The first-order valence-electron chi connectivity index (χ1n) is 7.75. The van der Waals surface area contributed by atoms with Crippen molar-refractivity contribution in [3.63, 3.8) is 0 Å². The SMILES string of the molecule is CCc1nc([C@@H]2CCCN(Cc3csc(COC)n3)C2)no1. The molecule has 0 N–H and O–H groups in total. The van der Waals surface area contributed by atoms with Crippen molar-refractivity contribution in [1.82, 2.24) is 20.0 Å². The molecule has 3 rings (SSSR count). The van der Waals surface area contributed by atoms with Crippen LogP contribution in [0.15, 0.2) is 9.90 Å². The zero-order chi connectivity index (χ0) is 15.4. The van der Waals surface area contributed by atoms with Crippen LogP contribution in [-0.2, 0) is 24.3 Å². The van der Waals surface area contributed by atoms with E-state index in [4.69, 9.17) is 9.26 Å². The van der Waals surface area contributed by atoms with Gasteiger partial charge in [0.15, 0.2) is 5.82 Å². The Kier molecular flexibility index (Phi) is 5.17. The van der Waals surface area contributed by atoms with Crippen molar-refractivity contribution in [2.45, 2.75) is 45.3 Å². The molecule has 22 heavy (non-hydrogen) atoms. The van der Waals surface area contributed by atoms with Gasteiger partial charge in [-0.25, -0.2) is 4.98 Å². The second kappa shape index (κ2) is 7.30. The largest absolute Gasteiger partial charge is 0.378 e. The molecule has 1 saturated heterocycles. The summed E-state index contributed by atoms with van der Waals surface area (Å²) in [7, 11) is 1.70. The summed E-state index contributed by atoms with van der Waals surface area (Å²) < 4.78 is 10.4. The molecule has 0 aromatic carbocycles. The van der Waals surface area contributed by atoms with Crippen LogP contribution in [-0.4, -0.2) is 40.2 Å². The second-order valence-corrected chi connectivity index (χ2v) is 6.58. The molecule has 120 valence electrons. The highest BCUT2D eigenvalue weighted by atomic mass is 32.1. The molecular formula is C15H22N4O2S. The molecular weight excluding hydrogens is 300 g/mol. The van der Waals surface area contributed by atoms with Crippen molar-refractivity contribution in [2.75, 3.05) is 20.2 Å². The number of aryl methyl sites for hydroxylation is 1. The number of piperidine rings is 1. The summed E-state index contributed by atoms with van der Waals surface area (Å²) in [5, 5.41) is 7.30. The van der Waals surface area contributed by atoms with E-state index in [1.54, 1.807) is 18.4 Å². The van der Waals surface area contributed by atoms with Gasteiger partial charge in [0.1, 0.15) is 5.01 Å². The van der Waals surface area contributed by atoms with Gasteiger partial charge in [-0.15, -0.1) is 11.3 Å². The number of likely N-dealkylation sites (tertiary alicyclic amines) is 1. The first-order chi connectivity index (χ1) is 10.8. The fourth-order valence-electron chi connectivity index (χ4n) is 2.83. The molecule has 7 heteroatoms. The summed E-state index contributed by atoms with van der Waals surface area (Å²) in [6.07, 6.45) is 3.09. The van der Waals surface area contributed by atoms with Crippen LogP contribution >= 0.6 is 11.3 Å².